The van der Waals surface area contributed by atoms with Crippen molar-refractivity contribution in [1.29, 1.82) is 0 Å². The molecule has 0 saturated heterocycles. The van der Waals surface area contributed by atoms with E-state index < -0.39 is 6.04 Å². The molecule has 0 heterocycles. The summed E-state index contributed by atoms with van der Waals surface area (Å²) in [6, 6.07) is -0.460. The summed E-state index contributed by atoms with van der Waals surface area (Å²) in [7, 11) is 7.39. The van der Waals surface area contributed by atoms with E-state index in [1.54, 1.807) is 14.1 Å². The maximum absolute atomic E-state index is 11.9. The standard InChI is InChI=1S/C12H26N4O2/c1-15(2)8-6-5-7-10(12(18)16(3)4)14-11(17)9-13/h10H,5-9,13H2,1-4H3,(H,14,17)/t10-/m0/s1. The van der Waals surface area contributed by atoms with E-state index in [2.05, 4.69) is 10.2 Å². The van der Waals surface area contributed by atoms with E-state index in [1.165, 1.54) is 4.90 Å². The zero-order valence-electron chi connectivity index (χ0n) is 11.9. The summed E-state index contributed by atoms with van der Waals surface area (Å²) in [5.41, 5.74) is 5.25. The number of nitrogens with one attached hydrogen (secondary N) is 1. The van der Waals surface area contributed by atoms with Gasteiger partial charge >= 0.3 is 0 Å². The Hall–Kier alpha value is -1.14. The molecule has 0 aliphatic rings. The van der Waals surface area contributed by atoms with Crippen molar-refractivity contribution in [3.63, 3.8) is 0 Å². The molecule has 0 radical (unpaired) electrons. The molecule has 0 aromatic rings. The predicted octanol–water partition coefficient (Wildman–Crippen LogP) is -0.750. The Labute approximate surface area is 109 Å². The molecule has 0 unspecified atom stereocenters. The number of nitrogens with two attached hydrogens (primary N) is 1. The van der Waals surface area contributed by atoms with Crippen molar-refractivity contribution in [1.82, 2.24) is 15.1 Å². The molecule has 1 atom stereocenters. The molecule has 0 aliphatic carbocycles. The molecule has 2 amide bonds. The molecule has 0 bridgehead atoms. The fourth-order valence-corrected chi connectivity index (χ4v) is 1.60. The van der Waals surface area contributed by atoms with Gasteiger partial charge in [-0.2, -0.15) is 0 Å². The maximum Gasteiger partial charge on any atom is 0.244 e. The predicted molar refractivity (Wildman–Crippen MR) is 72.1 cm³/mol. The maximum atomic E-state index is 11.9. The van der Waals surface area contributed by atoms with Crippen LogP contribution in [0.1, 0.15) is 19.3 Å². The summed E-state index contributed by atoms with van der Waals surface area (Å²) < 4.78 is 0. The number of carbonyl (C=O) groups is 2. The van der Waals surface area contributed by atoms with E-state index in [4.69, 9.17) is 5.73 Å². The normalized spacial score (nSPS) is 12.3. The first-order chi connectivity index (χ1) is 8.38. The zero-order chi connectivity index (χ0) is 14.1. The SMILES string of the molecule is CN(C)CCCC[C@H](NC(=O)CN)C(=O)N(C)C. The summed E-state index contributed by atoms with van der Waals surface area (Å²) >= 11 is 0. The third-order valence-electron chi connectivity index (χ3n) is 2.61. The first kappa shape index (κ1) is 16.9. The molecule has 0 aromatic heterocycles. The van der Waals surface area contributed by atoms with E-state index in [9.17, 15) is 9.59 Å². The summed E-state index contributed by atoms with van der Waals surface area (Å²) in [6.07, 6.45) is 2.55. The highest BCUT2D eigenvalue weighted by molar-refractivity contribution is 5.87. The lowest BCUT2D eigenvalue weighted by molar-refractivity contribution is -0.134. The van der Waals surface area contributed by atoms with E-state index in [-0.39, 0.29) is 18.4 Å². The van der Waals surface area contributed by atoms with Crippen LogP contribution < -0.4 is 11.1 Å². The molecule has 0 spiro atoms. The number of likely N-dealkylation sites (N-methyl/N-ethyl adjacent to an activating group) is 1. The first-order valence-corrected chi connectivity index (χ1v) is 6.23. The van der Waals surface area contributed by atoms with Crippen molar-refractivity contribution >= 4 is 11.8 Å². The third kappa shape index (κ3) is 7.24. The highest BCUT2D eigenvalue weighted by Crippen LogP contribution is 2.04. The van der Waals surface area contributed by atoms with Crippen LogP contribution in [-0.4, -0.2) is 68.9 Å². The minimum atomic E-state index is -0.460. The Balaban J connectivity index is 4.21. The van der Waals surface area contributed by atoms with E-state index in [0.717, 1.165) is 19.4 Å². The van der Waals surface area contributed by atoms with Crippen LogP contribution in [0.2, 0.25) is 0 Å². The van der Waals surface area contributed by atoms with Crippen LogP contribution in [-0.2, 0) is 9.59 Å². The number of hydrogen-bond acceptors (Lipinski definition) is 4. The monoisotopic (exact) mass is 258 g/mol. The average Bonchev–Trinajstić information content (AvgIpc) is 2.31. The van der Waals surface area contributed by atoms with Crippen molar-refractivity contribution in [3.05, 3.63) is 0 Å². The highest BCUT2D eigenvalue weighted by Gasteiger charge is 2.21. The van der Waals surface area contributed by atoms with Crippen molar-refractivity contribution in [2.24, 2.45) is 5.73 Å². The molecule has 0 aliphatic heterocycles. The summed E-state index contributed by atoms with van der Waals surface area (Å²) in [6.45, 7) is 0.891. The van der Waals surface area contributed by atoms with Crippen molar-refractivity contribution in [2.45, 2.75) is 25.3 Å². The largest absolute Gasteiger partial charge is 0.347 e. The number of carbonyl (C=O) groups excluding carboxylic acids is 2. The van der Waals surface area contributed by atoms with Crippen LogP contribution in [0.25, 0.3) is 0 Å². The van der Waals surface area contributed by atoms with Gasteiger partial charge in [-0.3, -0.25) is 9.59 Å². The lowest BCUT2D eigenvalue weighted by atomic mass is 10.1. The Morgan fingerprint density at radius 3 is 2.22 bits per heavy atom. The van der Waals surface area contributed by atoms with Gasteiger partial charge in [0, 0.05) is 14.1 Å². The molecule has 106 valence electrons. The van der Waals surface area contributed by atoms with Gasteiger partial charge in [-0.1, -0.05) is 0 Å². The van der Waals surface area contributed by atoms with Crippen molar-refractivity contribution < 1.29 is 9.59 Å². The minimum absolute atomic E-state index is 0.0818. The molecular weight excluding hydrogens is 232 g/mol. The summed E-state index contributed by atoms with van der Waals surface area (Å²) in [5.74, 6) is -0.371. The molecule has 0 aromatic carbocycles. The number of amides is 2. The second-order valence-electron chi connectivity index (χ2n) is 4.86. The average molecular weight is 258 g/mol. The number of hydrogen-bond donors (Lipinski definition) is 2. The third-order valence-corrected chi connectivity index (χ3v) is 2.61. The molecule has 18 heavy (non-hydrogen) atoms. The fourth-order valence-electron chi connectivity index (χ4n) is 1.60. The Kier molecular flexibility index (Phi) is 8.32. The Bertz CT molecular complexity index is 267. The molecule has 0 rings (SSSR count). The van der Waals surface area contributed by atoms with Gasteiger partial charge in [-0.05, 0) is 39.9 Å². The molecule has 6 nitrogen and oxygen atoms in total. The van der Waals surface area contributed by atoms with E-state index >= 15 is 0 Å². The van der Waals surface area contributed by atoms with Crippen LogP contribution in [0, 0.1) is 0 Å². The fraction of sp³-hybridized carbons (Fsp3) is 0.833. The van der Waals surface area contributed by atoms with E-state index in [0.29, 0.717) is 6.42 Å². The van der Waals surface area contributed by atoms with Crippen LogP contribution >= 0.6 is 0 Å². The smallest absolute Gasteiger partial charge is 0.244 e. The van der Waals surface area contributed by atoms with Gasteiger partial charge in [0.2, 0.25) is 11.8 Å². The van der Waals surface area contributed by atoms with Crippen LogP contribution in [0.15, 0.2) is 0 Å². The van der Waals surface area contributed by atoms with Gasteiger partial charge in [0.15, 0.2) is 0 Å². The highest BCUT2D eigenvalue weighted by atomic mass is 16.2. The van der Waals surface area contributed by atoms with Gasteiger partial charge in [0.1, 0.15) is 6.04 Å². The molecule has 0 saturated carbocycles. The zero-order valence-corrected chi connectivity index (χ0v) is 11.9. The van der Waals surface area contributed by atoms with Gasteiger partial charge in [0.25, 0.3) is 0 Å². The van der Waals surface area contributed by atoms with Crippen LogP contribution in [0.5, 0.6) is 0 Å². The topological polar surface area (TPSA) is 78.7 Å². The van der Waals surface area contributed by atoms with Crippen LogP contribution in [0.4, 0.5) is 0 Å². The number of rotatable bonds is 8. The van der Waals surface area contributed by atoms with Gasteiger partial charge < -0.3 is 20.9 Å². The minimum Gasteiger partial charge on any atom is -0.347 e. The van der Waals surface area contributed by atoms with Gasteiger partial charge in [0.05, 0.1) is 6.54 Å². The lowest BCUT2D eigenvalue weighted by Crippen LogP contribution is -2.48. The number of nitrogens with zero attached hydrogens (tertiary/aromatic N) is 2. The molecule has 3 N–H and O–H groups in total. The molecule has 6 heteroatoms. The molecular formula is C12H26N4O2. The van der Waals surface area contributed by atoms with Gasteiger partial charge in [-0.15, -0.1) is 0 Å². The number of unbranched alkanes of at least 4 members (excludes halogenated alkanes) is 1. The molecule has 0 fully saturated rings. The van der Waals surface area contributed by atoms with Crippen molar-refractivity contribution in [3.8, 4) is 0 Å². The second kappa shape index (κ2) is 8.88. The second-order valence-corrected chi connectivity index (χ2v) is 4.86. The van der Waals surface area contributed by atoms with Crippen LogP contribution in [0.3, 0.4) is 0 Å². The van der Waals surface area contributed by atoms with Gasteiger partial charge in [-0.25, -0.2) is 0 Å². The van der Waals surface area contributed by atoms with E-state index in [1.807, 2.05) is 14.1 Å². The van der Waals surface area contributed by atoms with Crippen molar-refractivity contribution in [2.75, 3.05) is 41.3 Å². The summed E-state index contributed by atoms with van der Waals surface area (Å²) in [4.78, 5) is 26.7. The Morgan fingerprint density at radius 2 is 1.78 bits per heavy atom. The first-order valence-electron chi connectivity index (χ1n) is 6.23. The lowest BCUT2D eigenvalue weighted by Gasteiger charge is -2.21. The Morgan fingerprint density at radius 1 is 1.17 bits per heavy atom. The summed E-state index contributed by atoms with van der Waals surface area (Å²) in [5, 5.41) is 2.67. The quantitative estimate of drug-likeness (QED) is 0.562.